The molecule has 1 saturated carbocycles. The van der Waals surface area contributed by atoms with Gasteiger partial charge >= 0.3 is 0 Å². The van der Waals surface area contributed by atoms with Crippen molar-refractivity contribution in [3.05, 3.63) is 34.1 Å². The first-order valence-corrected chi connectivity index (χ1v) is 7.59. The summed E-state index contributed by atoms with van der Waals surface area (Å²) in [6.07, 6.45) is 4.77. The van der Waals surface area contributed by atoms with E-state index >= 15 is 0 Å². The van der Waals surface area contributed by atoms with Gasteiger partial charge in [0.05, 0.1) is 5.56 Å². The molecule has 2 rings (SSSR count). The summed E-state index contributed by atoms with van der Waals surface area (Å²) >= 11 is 3.25. The van der Waals surface area contributed by atoms with Crippen molar-refractivity contribution in [3.63, 3.8) is 0 Å². The van der Waals surface area contributed by atoms with E-state index in [4.69, 9.17) is 0 Å². The molecule has 1 amide bonds. The van der Waals surface area contributed by atoms with E-state index in [2.05, 4.69) is 28.2 Å². The standard InChI is InChI=1S/C15H19BrFNO/c1-10-2-4-11(5-3-10)9-18-15(19)13-8-12(16)6-7-14(13)17/h6-8,10-11H,2-5,9H2,1H3,(H,18,19). The van der Waals surface area contributed by atoms with Gasteiger partial charge in [0.1, 0.15) is 5.82 Å². The number of amides is 1. The molecule has 0 saturated heterocycles. The van der Waals surface area contributed by atoms with Gasteiger partial charge in [0.2, 0.25) is 0 Å². The summed E-state index contributed by atoms with van der Waals surface area (Å²) in [4.78, 5) is 12.0. The molecule has 0 aromatic heterocycles. The van der Waals surface area contributed by atoms with Crippen LogP contribution in [0.25, 0.3) is 0 Å². The summed E-state index contributed by atoms with van der Waals surface area (Å²) < 4.78 is 14.3. The van der Waals surface area contributed by atoms with Crippen LogP contribution in [0.3, 0.4) is 0 Å². The molecule has 0 bridgehead atoms. The van der Waals surface area contributed by atoms with Gasteiger partial charge < -0.3 is 5.32 Å². The van der Waals surface area contributed by atoms with Gasteiger partial charge in [-0.3, -0.25) is 4.79 Å². The van der Waals surface area contributed by atoms with Gasteiger partial charge in [-0.15, -0.1) is 0 Å². The maximum Gasteiger partial charge on any atom is 0.254 e. The summed E-state index contributed by atoms with van der Waals surface area (Å²) in [5, 5.41) is 2.85. The first-order valence-electron chi connectivity index (χ1n) is 6.79. The van der Waals surface area contributed by atoms with Crippen molar-refractivity contribution in [2.75, 3.05) is 6.54 Å². The predicted molar refractivity (Wildman–Crippen MR) is 77.6 cm³/mol. The molecule has 0 unspecified atom stereocenters. The zero-order chi connectivity index (χ0) is 13.8. The van der Waals surface area contributed by atoms with Crippen molar-refractivity contribution in [1.29, 1.82) is 0 Å². The Bertz CT molecular complexity index is 455. The number of carbonyl (C=O) groups is 1. The van der Waals surface area contributed by atoms with Crippen LogP contribution >= 0.6 is 15.9 Å². The van der Waals surface area contributed by atoms with E-state index in [1.165, 1.54) is 25.0 Å². The van der Waals surface area contributed by atoms with Crippen LogP contribution in [0.1, 0.15) is 43.0 Å². The SMILES string of the molecule is CC1CCC(CNC(=O)c2cc(Br)ccc2F)CC1. The molecule has 1 aromatic rings. The van der Waals surface area contributed by atoms with Gasteiger partial charge in [-0.25, -0.2) is 4.39 Å². The van der Waals surface area contributed by atoms with Gasteiger partial charge in [0.15, 0.2) is 0 Å². The van der Waals surface area contributed by atoms with Crippen molar-refractivity contribution >= 4 is 21.8 Å². The number of nitrogens with one attached hydrogen (secondary N) is 1. The number of rotatable bonds is 3. The van der Waals surface area contributed by atoms with Gasteiger partial charge in [0.25, 0.3) is 5.91 Å². The molecule has 1 N–H and O–H groups in total. The van der Waals surface area contributed by atoms with E-state index < -0.39 is 5.82 Å². The molecule has 19 heavy (non-hydrogen) atoms. The Morgan fingerprint density at radius 2 is 2.05 bits per heavy atom. The summed E-state index contributed by atoms with van der Waals surface area (Å²) in [6.45, 7) is 2.92. The van der Waals surface area contributed by atoms with Crippen LogP contribution in [-0.2, 0) is 0 Å². The molecule has 0 spiro atoms. The molecule has 104 valence electrons. The first kappa shape index (κ1) is 14.5. The first-order chi connectivity index (χ1) is 9.06. The van der Waals surface area contributed by atoms with Crippen LogP contribution in [0.2, 0.25) is 0 Å². The Morgan fingerprint density at radius 1 is 1.37 bits per heavy atom. The van der Waals surface area contributed by atoms with Gasteiger partial charge in [-0.2, -0.15) is 0 Å². The van der Waals surface area contributed by atoms with Crippen LogP contribution in [0.15, 0.2) is 22.7 Å². The van der Waals surface area contributed by atoms with Crippen molar-refractivity contribution < 1.29 is 9.18 Å². The Hall–Kier alpha value is -0.900. The maximum atomic E-state index is 13.6. The Balaban J connectivity index is 1.89. The lowest BCUT2D eigenvalue weighted by atomic mass is 9.83. The van der Waals surface area contributed by atoms with E-state index in [-0.39, 0.29) is 11.5 Å². The quantitative estimate of drug-likeness (QED) is 0.887. The molecular weight excluding hydrogens is 309 g/mol. The topological polar surface area (TPSA) is 29.1 Å². The lowest BCUT2D eigenvalue weighted by Crippen LogP contribution is -2.31. The summed E-state index contributed by atoms with van der Waals surface area (Å²) in [5.41, 5.74) is 0.110. The molecule has 1 fully saturated rings. The van der Waals surface area contributed by atoms with Crippen LogP contribution in [0, 0.1) is 17.7 Å². The van der Waals surface area contributed by atoms with Crippen LogP contribution in [-0.4, -0.2) is 12.5 Å². The summed E-state index contributed by atoms with van der Waals surface area (Å²) in [6, 6.07) is 4.42. The highest BCUT2D eigenvalue weighted by molar-refractivity contribution is 9.10. The fraction of sp³-hybridized carbons (Fsp3) is 0.533. The third kappa shape index (κ3) is 4.03. The fourth-order valence-electron chi connectivity index (χ4n) is 2.54. The number of halogens is 2. The average Bonchev–Trinajstić information content (AvgIpc) is 2.40. The van der Waals surface area contributed by atoms with E-state index in [9.17, 15) is 9.18 Å². The third-order valence-corrected chi connectivity index (χ3v) is 4.35. The zero-order valence-corrected chi connectivity index (χ0v) is 12.7. The molecule has 0 heterocycles. The van der Waals surface area contributed by atoms with Crippen molar-refractivity contribution in [2.24, 2.45) is 11.8 Å². The summed E-state index contributed by atoms with van der Waals surface area (Å²) in [5.74, 6) is 0.542. The number of carbonyl (C=O) groups excluding carboxylic acids is 1. The zero-order valence-electron chi connectivity index (χ0n) is 11.1. The number of hydrogen-bond donors (Lipinski definition) is 1. The molecule has 0 atom stereocenters. The largest absolute Gasteiger partial charge is 0.352 e. The predicted octanol–water partition coefficient (Wildman–Crippen LogP) is 4.14. The Morgan fingerprint density at radius 3 is 2.74 bits per heavy atom. The lowest BCUT2D eigenvalue weighted by Gasteiger charge is -2.26. The normalized spacial score (nSPS) is 23.1. The molecule has 1 aliphatic carbocycles. The highest BCUT2D eigenvalue weighted by atomic mass is 79.9. The molecule has 1 aliphatic rings. The second-order valence-corrected chi connectivity index (χ2v) is 6.38. The minimum absolute atomic E-state index is 0.110. The van der Waals surface area contributed by atoms with Crippen molar-refractivity contribution in [1.82, 2.24) is 5.32 Å². The molecule has 0 radical (unpaired) electrons. The minimum atomic E-state index is -0.474. The monoisotopic (exact) mass is 327 g/mol. The maximum absolute atomic E-state index is 13.6. The van der Waals surface area contributed by atoms with Crippen LogP contribution in [0.5, 0.6) is 0 Å². The van der Waals surface area contributed by atoms with E-state index in [1.807, 2.05) is 0 Å². The van der Waals surface area contributed by atoms with Gasteiger partial charge in [-0.05, 0) is 42.9 Å². The number of hydrogen-bond acceptors (Lipinski definition) is 1. The second kappa shape index (κ2) is 6.51. The molecule has 4 heteroatoms. The van der Waals surface area contributed by atoms with E-state index in [0.29, 0.717) is 16.9 Å². The van der Waals surface area contributed by atoms with Crippen molar-refractivity contribution in [3.8, 4) is 0 Å². The average molecular weight is 328 g/mol. The van der Waals surface area contributed by atoms with Gasteiger partial charge in [-0.1, -0.05) is 35.7 Å². The third-order valence-electron chi connectivity index (χ3n) is 3.86. The number of benzene rings is 1. The smallest absolute Gasteiger partial charge is 0.254 e. The van der Waals surface area contributed by atoms with Crippen molar-refractivity contribution in [2.45, 2.75) is 32.6 Å². The second-order valence-electron chi connectivity index (χ2n) is 5.46. The Labute approximate surface area is 121 Å². The molecule has 2 nitrogen and oxygen atoms in total. The Kier molecular flexibility index (Phi) is 4.97. The van der Waals surface area contributed by atoms with E-state index in [1.54, 1.807) is 6.07 Å². The van der Waals surface area contributed by atoms with E-state index in [0.717, 1.165) is 18.8 Å². The molecular formula is C15H19BrFNO. The van der Waals surface area contributed by atoms with Gasteiger partial charge in [0, 0.05) is 11.0 Å². The summed E-state index contributed by atoms with van der Waals surface area (Å²) in [7, 11) is 0. The highest BCUT2D eigenvalue weighted by Gasteiger charge is 2.19. The lowest BCUT2D eigenvalue weighted by molar-refractivity contribution is 0.0938. The van der Waals surface area contributed by atoms with Crippen LogP contribution in [0.4, 0.5) is 4.39 Å². The minimum Gasteiger partial charge on any atom is -0.352 e. The molecule has 0 aliphatic heterocycles. The fourth-order valence-corrected chi connectivity index (χ4v) is 2.90. The van der Waals surface area contributed by atoms with Crippen LogP contribution < -0.4 is 5.32 Å². The highest BCUT2D eigenvalue weighted by Crippen LogP contribution is 2.27. The molecule has 1 aromatic carbocycles.